The molecule has 0 saturated carbocycles. The smallest absolute Gasteiger partial charge is 0.0656 e. The van der Waals surface area contributed by atoms with E-state index in [1.165, 1.54) is 0 Å². The number of rotatable bonds is 10. The van der Waals surface area contributed by atoms with Crippen LogP contribution >= 0.6 is 0 Å². The Morgan fingerprint density at radius 2 is 0.519 bits per heavy atom. The van der Waals surface area contributed by atoms with Gasteiger partial charge in [0, 0.05) is 5.54 Å². The van der Waals surface area contributed by atoms with Gasteiger partial charge in [-0.05, 0) is 54.4 Å². The minimum Gasteiger partial charge on any atom is -0.0656 e. The molecule has 0 bridgehead atoms. The Labute approximate surface area is 329 Å². The van der Waals surface area contributed by atoms with Crippen LogP contribution in [0.1, 0.15) is 27.7 Å². The molecule has 0 spiro atoms. The summed E-state index contributed by atoms with van der Waals surface area (Å²) in [7, 11) is -13.8. The van der Waals surface area contributed by atoms with E-state index in [0.29, 0.717) is 5.54 Å². The highest BCUT2D eigenvalue weighted by atomic mass is 28.3. The standard InChI is InChI=1S/C45H76Si7/c1-32-33(2)35(4)42(34(32)3)52(39-29-23-26-36(46(5,6)7)43(39)49(14,15)16,40-30-24-27-37(47(8,9)10)44(40)50(17,18)19)41-31-25-28-38(48(11,12)13)45(41)51(20,21)22/h23-31,42H,1-22H3. The molecule has 0 heterocycles. The Kier molecular flexibility index (Phi) is 11.7. The van der Waals surface area contributed by atoms with Crippen LogP contribution in [0.4, 0.5) is 0 Å². The molecule has 7 heteroatoms. The summed E-state index contributed by atoms with van der Waals surface area (Å²) < 4.78 is 0. The van der Waals surface area contributed by atoms with Gasteiger partial charge < -0.3 is 0 Å². The van der Waals surface area contributed by atoms with Crippen molar-refractivity contribution >= 4 is 103 Å². The van der Waals surface area contributed by atoms with Crippen LogP contribution in [-0.2, 0) is 0 Å². The molecule has 0 amide bonds. The first-order valence-electron chi connectivity index (χ1n) is 20.1. The highest BCUT2D eigenvalue weighted by Crippen LogP contribution is 2.46. The maximum atomic E-state index is 2.72. The van der Waals surface area contributed by atoms with Crippen LogP contribution in [0, 0.1) is 0 Å². The van der Waals surface area contributed by atoms with Crippen molar-refractivity contribution in [1.82, 2.24) is 0 Å². The molecule has 0 radical (unpaired) electrons. The average Bonchev–Trinajstić information content (AvgIpc) is 3.17. The molecule has 4 rings (SSSR count). The van der Waals surface area contributed by atoms with Crippen LogP contribution in [-0.4, -0.2) is 56.5 Å². The van der Waals surface area contributed by atoms with Crippen molar-refractivity contribution in [1.29, 1.82) is 0 Å². The van der Waals surface area contributed by atoms with Gasteiger partial charge in [-0.2, -0.15) is 0 Å². The first-order valence-corrected chi connectivity index (χ1v) is 43.2. The SMILES string of the molecule is CC1=C(C)C([Si](c2cccc([Si](C)(C)C)c2[Si](C)(C)C)(c2cccc([Si](C)(C)C)c2[Si](C)(C)C)c2cccc([Si](C)(C)C)c2[Si](C)(C)C)C(C)=C1C. The quantitative estimate of drug-likeness (QED) is 0.143. The lowest BCUT2D eigenvalue weighted by Crippen LogP contribution is -2.85. The zero-order valence-corrected chi connectivity index (χ0v) is 44.8. The van der Waals surface area contributed by atoms with E-state index >= 15 is 0 Å². The van der Waals surface area contributed by atoms with Crippen molar-refractivity contribution in [2.24, 2.45) is 0 Å². The van der Waals surface area contributed by atoms with Gasteiger partial charge in [-0.25, -0.2) is 0 Å². The van der Waals surface area contributed by atoms with Gasteiger partial charge in [0.05, 0.1) is 48.4 Å². The lowest BCUT2D eigenvalue weighted by Gasteiger charge is -2.49. The number of hydrogen-bond donors (Lipinski definition) is 0. The third kappa shape index (κ3) is 7.59. The summed E-state index contributed by atoms with van der Waals surface area (Å²) >= 11 is 0. The van der Waals surface area contributed by atoms with E-state index in [1.54, 1.807) is 53.4 Å². The zero-order valence-electron chi connectivity index (χ0n) is 37.8. The van der Waals surface area contributed by atoms with Crippen molar-refractivity contribution in [3.8, 4) is 0 Å². The molecule has 0 atom stereocenters. The molecule has 0 nitrogen and oxygen atoms in total. The first-order chi connectivity index (χ1) is 23.3. The molecule has 0 unspecified atom stereocenters. The lowest BCUT2D eigenvalue weighted by molar-refractivity contribution is 1.09. The minimum absolute atomic E-state index is 0.387. The van der Waals surface area contributed by atoms with Gasteiger partial charge in [0.15, 0.2) is 8.07 Å². The van der Waals surface area contributed by atoms with Crippen LogP contribution < -0.4 is 46.7 Å². The van der Waals surface area contributed by atoms with Gasteiger partial charge in [0.1, 0.15) is 0 Å². The van der Waals surface area contributed by atoms with Gasteiger partial charge in [-0.1, -0.05) is 215 Å². The van der Waals surface area contributed by atoms with Crippen LogP contribution in [0.25, 0.3) is 0 Å². The van der Waals surface area contributed by atoms with E-state index in [0.717, 1.165) is 0 Å². The second-order valence-electron chi connectivity index (χ2n) is 22.5. The Hall–Kier alpha value is -1.34. The molecular weight excluding hydrogens is 737 g/mol. The highest BCUT2D eigenvalue weighted by molar-refractivity contribution is 7.22. The number of hydrogen-bond acceptors (Lipinski definition) is 0. The molecule has 0 aliphatic heterocycles. The van der Waals surface area contributed by atoms with Crippen LogP contribution in [0.3, 0.4) is 0 Å². The summed E-state index contributed by atoms with van der Waals surface area (Å²) in [6.07, 6.45) is 0. The Morgan fingerprint density at radius 3 is 0.712 bits per heavy atom. The molecular formula is C45H76Si7. The van der Waals surface area contributed by atoms with E-state index in [1.807, 2.05) is 15.6 Å². The summed E-state index contributed by atoms with van der Waals surface area (Å²) in [5, 5.41) is 15.9. The predicted molar refractivity (Wildman–Crippen MR) is 262 cm³/mol. The van der Waals surface area contributed by atoms with Crippen molar-refractivity contribution < 1.29 is 0 Å². The second-order valence-corrected chi connectivity index (χ2v) is 56.5. The molecule has 0 saturated heterocycles. The molecule has 0 fully saturated rings. The third-order valence-corrected chi connectivity index (χ3v) is 31.4. The molecule has 1 aliphatic carbocycles. The summed E-state index contributed by atoms with van der Waals surface area (Å²) in [4.78, 5) is 0. The summed E-state index contributed by atoms with van der Waals surface area (Å²) in [6, 6.07) is 23.5. The van der Waals surface area contributed by atoms with Crippen molar-refractivity contribution in [2.75, 3.05) is 0 Å². The maximum Gasteiger partial charge on any atom is 0.158 e. The van der Waals surface area contributed by atoms with Gasteiger partial charge in [-0.15, -0.1) is 0 Å². The number of benzene rings is 3. The fourth-order valence-corrected chi connectivity index (χ4v) is 38.1. The summed E-state index contributed by atoms with van der Waals surface area (Å²) in [5.41, 5.74) is 6.76. The van der Waals surface area contributed by atoms with Crippen molar-refractivity contribution in [3.63, 3.8) is 0 Å². The zero-order chi connectivity index (χ0) is 39.9. The lowest BCUT2D eigenvalue weighted by atomic mass is 10.1. The van der Waals surface area contributed by atoms with Crippen LogP contribution in [0.15, 0.2) is 76.9 Å². The minimum atomic E-state index is -2.94. The second kappa shape index (κ2) is 14.0. The molecule has 0 N–H and O–H groups in total. The number of allylic oxidation sites excluding steroid dienone is 4. The molecule has 1 aliphatic rings. The van der Waals surface area contributed by atoms with Gasteiger partial charge >= 0.3 is 0 Å². The van der Waals surface area contributed by atoms with Crippen molar-refractivity contribution in [3.05, 3.63) is 76.9 Å². The molecule has 284 valence electrons. The summed E-state index contributed by atoms with van der Waals surface area (Å²) in [5.74, 6) is 0. The van der Waals surface area contributed by atoms with E-state index in [-0.39, 0.29) is 0 Å². The topological polar surface area (TPSA) is 0 Å². The van der Waals surface area contributed by atoms with E-state index in [2.05, 4.69) is 200 Å². The fraction of sp³-hybridized carbons (Fsp3) is 0.511. The monoisotopic (exact) mass is 812 g/mol. The maximum absolute atomic E-state index is 2.94. The molecule has 52 heavy (non-hydrogen) atoms. The largest absolute Gasteiger partial charge is 0.158 e. The molecule has 3 aromatic rings. The highest BCUT2D eigenvalue weighted by Gasteiger charge is 2.56. The average molecular weight is 814 g/mol. The van der Waals surface area contributed by atoms with Gasteiger partial charge in [-0.3, -0.25) is 0 Å². The van der Waals surface area contributed by atoms with Gasteiger partial charge in [0.2, 0.25) is 0 Å². The van der Waals surface area contributed by atoms with Crippen molar-refractivity contribution in [2.45, 2.75) is 151 Å². The van der Waals surface area contributed by atoms with Crippen LogP contribution in [0.5, 0.6) is 0 Å². The van der Waals surface area contributed by atoms with E-state index < -0.39 is 56.5 Å². The Morgan fingerprint density at radius 1 is 0.308 bits per heavy atom. The normalized spacial score (nSPS) is 16.0. The van der Waals surface area contributed by atoms with Gasteiger partial charge in [0.25, 0.3) is 0 Å². The van der Waals surface area contributed by atoms with E-state index in [9.17, 15) is 0 Å². The Bertz CT molecular complexity index is 1710. The first kappa shape index (κ1) is 43.4. The fourth-order valence-electron chi connectivity index (χ4n) is 9.84. The van der Waals surface area contributed by atoms with Crippen LogP contribution in [0.2, 0.25) is 123 Å². The molecule has 0 aromatic heterocycles. The predicted octanol–water partition coefficient (Wildman–Crippen LogP) is 8.48. The molecule has 3 aromatic carbocycles. The van der Waals surface area contributed by atoms with E-state index in [4.69, 9.17) is 0 Å². The third-order valence-electron chi connectivity index (χ3n) is 12.2. The Balaban J connectivity index is 2.66. The summed E-state index contributed by atoms with van der Waals surface area (Å²) in [6.45, 7) is 57.5.